The quantitative estimate of drug-likeness (QED) is 0.464. The highest BCUT2D eigenvalue weighted by Crippen LogP contribution is 2.03. The van der Waals surface area contributed by atoms with Crippen molar-refractivity contribution in [1.82, 2.24) is 0 Å². The lowest BCUT2D eigenvalue weighted by molar-refractivity contribution is 0.00230. The minimum Gasteiger partial charge on any atom is -0.508 e. The molecule has 0 spiro atoms. The predicted molar refractivity (Wildman–Crippen MR) is 103 cm³/mol. The van der Waals surface area contributed by atoms with E-state index in [-0.39, 0.29) is 13.2 Å². The van der Waals surface area contributed by atoms with Crippen molar-refractivity contribution in [3.8, 4) is 11.5 Å². The maximum Gasteiger partial charge on any atom is 0.115 e. The van der Waals surface area contributed by atoms with Gasteiger partial charge in [-0.15, -0.1) is 0 Å². The molecule has 0 saturated heterocycles. The number of rotatable bonds is 10. The molecule has 0 amide bonds. The van der Waals surface area contributed by atoms with Crippen LogP contribution in [0, 0.1) is 0 Å². The van der Waals surface area contributed by atoms with Gasteiger partial charge in [0.05, 0.1) is 52.9 Å². The molecule has 0 heterocycles. The Hall–Kier alpha value is -2.16. The fourth-order valence-electron chi connectivity index (χ4n) is 1.53. The molecule has 4 N–H and O–H groups in total. The normalized spacial score (nSPS) is 9.56. The SMILES string of the molecule is OCCOCCOCCOCCO.Oc1ccccc1.Oc1ccccc1. The molecule has 0 bridgehead atoms. The average Bonchev–Trinajstić information content (AvgIpc) is 2.69. The highest BCUT2D eigenvalue weighted by molar-refractivity contribution is 5.19. The van der Waals surface area contributed by atoms with Crippen LogP contribution in [-0.2, 0) is 14.2 Å². The van der Waals surface area contributed by atoms with Gasteiger partial charge in [0.2, 0.25) is 0 Å². The lowest BCUT2D eigenvalue weighted by Gasteiger charge is -2.04. The molecule has 7 heteroatoms. The van der Waals surface area contributed by atoms with Gasteiger partial charge in [-0.3, -0.25) is 0 Å². The molecule has 0 fully saturated rings. The van der Waals surface area contributed by atoms with Crippen LogP contribution in [-0.4, -0.2) is 73.3 Å². The molecule has 27 heavy (non-hydrogen) atoms. The van der Waals surface area contributed by atoms with E-state index in [0.29, 0.717) is 51.1 Å². The largest absolute Gasteiger partial charge is 0.508 e. The van der Waals surface area contributed by atoms with Gasteiger partial charge in [-0.1, -0.05) is 36.4 Å². The van der Waals surface area contributed by atoms with Crippen molar-refractivity contribution >= 4 is 0 Å². The van der Waals surface area contributed by atoms with E-state index in [2.05, 4.69) is 0 Å². The maximum atomic E-state index is 8.63. The van der Waals surface area contributed by atoms with Crippen molar-refractivity contribution in [2.75, 3.05) is 52.9 Å². The molecule has 0 aliphatic rings. The Morgan fingerprint density at radius 3 is 1.00 bits per heavy atom. The van der Waals surface area contributed by atoms with Crippen LogP contribution in [0.3, 0.4) is 0 Å². The number of phenols is 2. The monoisotopic (exact) mass is 382 g/mol. The third-order valence-corrected chi connectivity index (χ3v) is 2.73. The Balaban J connectivity index is 0.000000405. The molecular formula is C20H30O7. The molecule has 0 unspecified atom stereocenters. The van der Waals surface area contributed by atoms with Gasteiger partial charge in [0.1, 0.15) is 11.5 Å². The summed E-state index contributed by atoms with van der Waals surface area (Å²) in [4.78, 5) is 0. The molecule has 0 aliphatic carbocycles. The zero-order chi connectivity index (χ0) is 20.0. The Labute approximate surface area is 160 Å². The summed E-state index contributed by atoms with van der Waals surface area (Å²) in [6, 6.07) is 17.4. The zero-order valence-corrected chi connectivity index (χ0v) is 15.4. The van der Waals surface area contributed by atoms with Gasteiger partial charge in [0.15, 0.2) is 0 Å². The van der Waals surface area contributed by atoms with E-state index in [0.717, 1.165) is 0 Å². The van der Waals surface area contributed by atoms with E-state index in [1.165, 1.54) is 0 Å². The van der Waals surface area contributed by atoms with Crippen molar-refractivity contribution in [3.05, 3.63) is 60.7 Å². The number of aliphatic hydroxyl groups excluding tert-OH is 2. The molecular weight excluding hydrogens is 352 g/mol. The Morgan fingerprint density at radius 1 is 0.481 bits per heavy atom. The molecule has 2 rings (SSSR count). The number of para-hydroxylation sites is 2. The standard InChI is InChI=1S/C8H18O5.2C6H6O/c9-1-3-11-5-7-13-8-6-12-4-2-10;2*7-6-4-2-1-3-5-6/h9-10H,1-8H2;2*1-5,7H. The van der Waals surface area contributed by atoms with Gasteiger partial charge in [-0.2, -0.15) is 0 Å². The topological polar surface area (TPSA) is 109 Å². The number of hydrogen-bond acceptors (Lipinski definition) is 7. The average molecular weight is 382 g/mol. The van der Waals surface area contributed by atoms with E-state index in [4.69, 9.17) is 34.6 Å². The number of benzene rings is 2. The van der Waals surface area contributed by atoms with E-state index in [9.17, 15) is 0 Å². The summed E-state index contributed by atoms with van der Waals surface area (Å²) in [6.07, 6.45) is 0. The fraction of sp³-hybridized carbons (Fsp3) is 0.400. The van der Waals surface area contributed by atoms with Crippen LogP contribution in [0.1, 0.15) is 0 Å². The second-order valence-corrected chi connectivity index (χ2v) is 4.96. The lowest BCUT2D eigenvalue weighted by Crippen LogP contribution is -2.11. The first-order valence-corrected chi connectivity index (χ1v) is 8.63. The van der Waals surface area contributed by atoms with Gasteiger partial charge in [0, 0.05) is 0 Å². The minimum absolute atomic E-state index is 0.0413. The van der Waals surface area contributed by atoms with Crippen molar-refractivity contribution in [3.63, 3.8) is 0 Å². The highest BCUT2D eigenvalue weighted by atomic mass is 16.5. The summed E-state index contributed by atoms with van der Waals surface area (Å²) in [7, 11) is 0. The first-order valence-electron chi connectivity index (χ1n) is 8.63. The summed E-state index contributed by atoms with van der Waals surface area (Å²) < 4.78 is 15.0. The van der Waals surface area contributed by atoms with E-state index in [1.54, 1.807) is 48.5 Å². The highest BCUT2D eigenvalue weighted by Gasteiger charge is 1.90. The molecule has 2 aromatic carbocycles. The second kappa shape index (κ2) is 20.2. The number of ether oxygens (including phenoxy) is 3. The summed E-state index contributed by atoms with van der Waals surface area (Å²) in [5.41, 5.74) is 0. The molecule has 0 saturated carbocycles. The molecule has 0 atom stereocenters. The minimum atomic E-state index is 0.0413. The molecule has 7 nitrogen and oxygen atoms in total. The number of phenolic OH excluding ortho intramolecular Hbond substituents is 2. The van der Waals surface area contributed by atoms with Gasteiger partial charge in [-0.05, 0) is 24.3 Å². The number of hydrogen-bond donors (Lipinski definition) is 4. The number of aliphatic hydroxyl groups is 2. The van der Waals surface area contributed by atoms with Crippen molar-refractivity contribution in [2.24, 2.45) is 0 Å². The van der Waals surface area contributed by atoms with Gasteiger partial charge in [-0.25, -0.2) is 0 Å². The first-order chi connectivity index (χ1) is 13.2. The van der Waals surface area contributed by atoms with Crippen LogP contribution in [0.15, 0.2) is 60.7 Å². The molecule has 2 aromatic rings. The molecule has 0 radical (unpaired) electrons. The Kier molecular flexibility index (Phi) is 18.5. The fourth-order valence-corrected chi connectivity index (χ4v) is 1.53. The zero-order valence-electron chi connectivity index (χ0n) is 15.4. The summed E-state index contributed by atoms with van der Waals surface area (Å²) >= 11 is 0. The van der Waals surface area contributed by atoms with Crippen LogP contribution >= 0.6 is 0 Å². The smallest absolute Gasteiger partial charge is 0.115 e. The van der Waals surface area contributed by atoms with Crippen LogP contribution in [0.2, 0.25) is 0 Å². The molecule has 152 valence electrons. The number of aromatic hydroxyl groups is 2. The van der Waals surface area contributed by atoms with E-state index < -0.39 is 0 Å². The Morgan fingerprint density at radius 2 is 0.778 bits per heavy atom. The van der Waals surface area contributed by atoms with E-state index >= 15 is 0 Å². The molecule has 0 aliphatic heterocycles. The predicted octanol–water partition coefficient (Wildman–Crippen LogP) is 1.81. The van der Waals surface area contributed by atoms with Crippen molar-refractivity contribution in [1.29, 1.82) is 0 Å². The van der Waals surface area contributed by atoms with Gasteiger partial charge >= 0.3 is 0 Å². The van der Waals surface area contributed by atoms with Gasteiger partial charge < -0.3 is 34.6 Å². The maximum absolute atomic E-state index is 8.63. The van der Waals surface area contributed by atoms with Crippen LogP contribution in [0.25, 0.3) is 0 Å². The second-order valence-electron chi connectivity index (χ2n) is 4.96. The van der Waals surface area contributed by atoms with Crippen molar-refractivity contribution in [2.45, 2.75) is 0 Å². The third-order valence-electron chi connectivity index (χ3n) is 2.73. The van der Waals surface area contributed by atoms with Crippen LogP contribution in [0.5, 0.6) is 11.5 Å². The van der Waals surface area contributed by atoms with Crippen LogP contribution < -0.4 is 0 Å². The van der Waals surface area contributed by atoms with Gasteiger partial charge in [0.25, 0.3) is 0 Å². The summed E-state index contributed by atoms with van der Waals surface area (Å²) in [5, 5.41) is 34.0. The molecule has 0 aromatic heterocycles. The summed E-state index contributed by atoms with van der Waals surface area (Å²) in [5.74, 6) is 0.644. The van der Waals surface area contributed by atoms with Crippen molar-refractivity contribution < 1.29 is 34.6 Å². The Bertz CT molecular complexity index is 461. The first kappa shape index (κ1) is 24.8. The van der Waals surface area contributed by atoms with Crippen LogP contribution in [0.4, 0.5) is 0 Å². The summed E-state index contributed by atoms with van der Waals surface area (Å²) in [6.45, 7) is 2.76. The van der Waals surface area contributed by atoms with E-state index in [1.807, 2.05) is 12.1 Å². The lowest BCUT2D eigenvalue weighted by atomic mass is 10.3. The third kappa shape index (κ3) is 20.0.